The fraction of sp³-hybridized carbons (Fsp3) is 0.909. The zero-order valence-corrected chi connectivity index (χ0v) is 10.4. The molecule has 1 aliphatic heterocycles. The molecule has 5 nitrogen and oxygen atoms in total. The first-order valence-electron chi connectivity index (χ1n) is 6.04. The lowest BCUT2D eigenvalue weighted by molar-refractivity contribution is -0.932. The Morgan fingerprint density at radius 2 is 2.38 bits per heavy atom. The molecule has 1 fully saturated rings. The smallest absolute Gasteiger partial charge is 0.280 e. The van der Waals surface area contributed by atoms with Gasteiger partial charge in [-0.1, -0.05) is 6.92 Å². The normalized spacial score (nSPS) is 30.1. The van der Waals surface area contributed by atoms with Crippen LogP contribution in [0.3, 0.4) is 0 Å². The molecule has 2 unspecified atom stereocenters. The van der Waals surface area contributed by atoms with Gasteiger partial charge in [-0.2, -0.15) is 0 Å². The minimum absolute atomic E-state index is 0.0705. The number of likely N-dealkylation sites (N-methyl/N-ethyl adjacent to an activating group) is 1. The van der Waals surface area contributed by atoms with Crippen LogP contribution in [0.25, 0.3) is 0 Å². The second kappa shape index (κ2) is 6.18. The lowest BCUT2D eigenvalue weighted by Gasteiger charge is -2.43. The minimum Gasteiger partial charge on any atom is -0.369 e. The molecule has 94 valence electrons. The molecule has 16 heavy (non-hydrogen) atoms. The number of carbonyl (C=O) groups excluding carboxylic acids is 1. The van der Waals surface area contributed by atoms with Crippen LogP contribution < -0.4 is 11.1 Å². The van der Waals surface area contributed by atoms with Crippen molar-refractivity contribution in [1.82, 2.24) is 5.32 Å². The number of hydrogen-bond donors (Lipinski definition) is 2. The summed E-state index contributed by atoms with van der Waals surface area (Å²) >= 11 is 0. The summed E-state index contributed by atoms with van der Waals surface area (Å²) in [7, 11) is 2.14. The molecule has 1 saturated heterocycles. The number of nitrogens with two attached hydrogens (primary N) is 1. The van der Waals surface area contributed by atoms with E-state index in [4.69, 9.17) is 10.5 Å². The lowest BCUT2D eigenvalue weighted by atomic mass is 10.1. The number of morpholine rings is 1. The molecule has 3 N–H and O–H groups in total. The summed E-state index contributed by atoms with van der Waals surface area (Å²) in [5, 5.41) is 2.86. The average Bonchev–Trinajstić information content (AvgIpc) is 2.26. The highest BCUT2D eigenvalue weighted by Gasteiger charge is 2.40. The van der Waals surface area contributed by atoms with Gasteiger partial charge in [0.05, 0.1) is 20.2 Å². The van der Waals surface area contributed by atoms with Gasteiger partial charge in [-0.25, -0.2) is 0 Å². The van der Waals surface area contributed by atoms with Crippen molar-refractivity contribution in [3.8, 4) is 0 Å². The van der Waals surface area contributed by atoms with Gasteiger partial charge >= 0.3 is 0 Å². The molecule has 1 rings (SSSR count). The number of ether oxygens (including phenoxy) is 1. The van der Waals surface area contributed by atoms with Gasteiger partial charge in [0, 0.05) is 13.1 Å². The van der Waals surface area contributed by atoms with E-state index in [1.807, 2.05) is 0 Å². The number of nitrogens with one attached hydrogen (secondary N) is 1. The van der Waals surface area contributed by atoms with E-state index in [-0.39, 0.29) is 11.9 Å². The van der Waals surface area contributed by atoms with Gasteiger partial charge in [0.1, 0.15) is 13.2 Å². The summed E-state index contributed by atoms with van der Waals surface area (Å²) in [5.74, 6) is 0.0705. The second-order valence-electron chi connectivity index (χ2n) is 4.60. The number of amides is 1. The molecule has 0 aromatic heterocycles. The van der Waals surface area contributed by atoms with Crippen LogP contribution in [0.4, 0.5) is 0 Å². The highest BCUT2D eigenvalue weighted by Crippen LogP contribution is 2.16. The van der Waals surface area contributed by atoms with Crippen molar-refractivity contribution in [2.24, 2.45) is 5.73 Å². The fourth-order valence-electron chi connectivity index (χ4n) is 2.25. The number of carbonyl (C=O) groups is 1. The van der Waals surface area contributed by atoms with Gasteiger partial charge in [-0.15, -0.1) is 0 Å². The molecule has 0 spiro atoms. The van der Waals surface area contributed by atoms with Gasteiger partial charge in [0.2, 0.25) is 0 Å². The Bertz CT molecular complexity index is 231. The highest BCUT2D eigenvalue weighted by molar-refractivity contribution is 5.80. The van der Waals surface area contributed by atoms with Crippen LogP contribution >= 0.6 is 0 Å². The van der Waals surface area contributed by atoms with Crippen LogP contribution in [0.2, 0.25) is 0 Å². The van der Waals surface area contributed by atoms with E-state index in [1.165, 1.54) is 0 Å². The SMILES string of the molecule is CCC[N+]1(C)CCOCC1C(=O)NCCN. The Balaban J connectivity index is 2.62. The zero-order valence-electron chi connectivity index (χ0n) is 10.4. The Morgan fingerprint density at radius 3 is 3.00 bits per heavy atom. The molecule has 1 heterocycles. The maximum Gasteiger partial charge on any atom is 0.280 e. The third-order valence-corrected chi connectivity index (χ3v) is 3.26. The monoisotopic (exact) mass is 230 g/mol. The standard InChI is InChI=1S/C11H23N3O2/c1-3-6-14(2)7-8-16-9-10(14)11(15)13-5-4-12/h10H,3-9,12H2,1-2H3/p+1. The first kappa shape index (κ1) is 13.4. The van der Waals surface area contributed by atoms with Gasteiger partial charge in [0.15, 0.2) is 6.04 Å². The van der Waals surface area contributed by atoms with E-state index >= 15 is 0 Å². The van der Waals surface area contributed by atoms with E-state index in [2.05, 4.69) is 19.3 Å². The molecule has 2 atom stereocenters. The molecular weight excluding hydrogens is 206 g/mol. The average molecular weight is 230 g/mol. The largest absolute Gasteiger partial charge is 0.369 e. The third kappa shape index (κ3) is 3.17. The Hall–Kier alpha value is -0.650. The number of quaternary nitrogens is 1. The van der Waals surface area contributed by atoms with Crippen molar-refractivity contribution in [2.45, 2.75) is 19.4 Å². The number of nitrogens with zero attached hydrogens (tertiary/aromatic N) is 1. The van der Waals surface area contributed by atoms with Crippen molar-refractivity contribution >= 4 is 5.91 Å². The summed E-state index contributed by atoms with van der Waals surface area (Å²) < 4.78 is 6.20. The molecular formula is C11H24N3O2+. The van der Waals surface area contributed by atoms with Crippen LogP contribution in [-0.4, -0.2) is 62.9 Å². The molecule has 1 aliphatic rings. The van der Waals surface area contributed by atoms with Crippen molar-refractivity contribution in [3.63, 3.8) is 0 Å². The molecule has 0 radical (unpaired) electrons. The Labute approximate surface area is 97.5 Å². The fourth-order valence-corrected chi connectivity index (χ4v) is 2.25. The van der Waals surface area contributed by atoms with Gasteiger partial charge in [0.25, 0.3) is 5.91 Å². The predicted octanol–water partition coefficient (Wildman–Crippen LogP) is -0.683. The zero-order chi connectivity index (χ0) is 12.0. The molecule has 0 aromatic carbocycles. The van der Waals surface area contributed by atoms with Gasteiger partial charge in [-0.05, 0) is 6.42 Å². The summed E-state index contributed by atoms with van der Waals surface area (Å²) in [6, 6.07) is -0.0831. The van der Waals surface area contributed by atoms with Crippen LogP contribution in [0, 0.1) is 0 Å². The van der Waals surface area contributed by atoms with Crippen LogP contribution in [0.1, 0.15) is 13.3 Å². The van der Waals surface area contributed by atoms with E-state index in [9.17, 15) is 4.79 Å². The van der Waals surface area contributed by atoms with Crippen molar-refractivity contribution in [2.75, 3.05) is 46.4 Å². The Morgan fingerprint density at radius 1 is 1.62 bits per heavy atom. The summed E-state index contributed by atoms with van der Waals surface area (Å²) in [4.78, 5) is 12.0. The summed E-state index contributed by atoms with van der Waals surface area (Å²) in [5.41, 5.74) is 5.38. The Kier molecular flexibility index (Phi) is 5.18. The third-order valence-electron chi connectivity index (χ3n) is 3.26. The molecule has 0 aliphatic carbocycles. The van der Waals surface area contributed by atoms with Crippen molar-refractivity contribution in [3.05, 3.63) is 0 Å². The highest BCUT2D eigenvalue weighted by atomic mass is 16.5. The predicted molar refractivity (Wildman–Crippen MR) is 62.9 cm³/mol. The van der Waals surface area contributed by atoms with Crippen LogP contribution in [-0.2, 0) is 9.53 Å². The first-order chi connectivity index (χ1) is 7.64. The maximum atomic E-state index is 12.0. The van der Waals surface area contributed by atoms with Crippen LogP contribution in [0.5, 0.6) is 0 Å². The summed E-state index contributed by atoms with van der Waals surface area (Å²) in [6.07, 6.45) is 1.08. The first-order valence-corrected chi connectivity index (χ1v) is 6.04. The van der Waals surface area contributed by atoms with Gasteiger partial charge in [-0.3, -0.25) is 4.79 Å². The topological polar surface area (TPSA) is 64.3 Å². The molecule has 0 saturated carbocycles. The van der Waals surface area contributed by atoms with Crippen molar-refractivity contribution < 1.29 is 14.0 Å². The minimum atomic E-state index is -0.0831. The van der Waals surface area contributed by atoms with E-state index in [0.29, 0.717) is 19.7 Å². The molecule has 0 bridgehead atoms. The molecule has 0 aromatic rings. The second-order valence-corrected chi connectivity index (χ2v) is 4.60. The molecule has 5 heteroatoms. The van der Waals surface area contributed by atoms with E-state index in [1.54, 1.807) is 0 Å². The number of hydrogen-bond acceptors (Lipinski definition) is 3. The van der Waals surface area contributed by atoms with Crippen LogP contribution in [0.15, 0.2) is 0 Å². The quantitative estimate of drug-likeness (QED) is 0.615. The van der Waals surface area contributed by atoms with Crippen molar-refractivity contribution in [1.29, 1.82) is 0 Å². The summed E-state index contributed by atoms with van der Waals surface area (Å²) in [6.45, 7) is 6.37. The number of rotatable bonds is 5. The van der Waals surface area contributed by atoms with E-state index in [0.717, 1.165) is 30.6 Å². The lowest BCUT2D eigenvalue weighted by Crippen LogP contribution is -2.64. The maximum absolute atomic E-state index is 12.0. The molecule has 1 amide bonds. The van der Waals surface area contributed by atoms with Gasteiger partial charge < -0.3 is 20.3 Å². The van der Waals surface area contributed by atoms with E-state index < -0.39 is 0 Å².